The molecule has 56 valence electrons. The highest BCUT2D eigenvalue weighted by atomic mass is 16.6. The Balaban J connectivity index is 0. The molecule has 0 spiro atoms. The third-order valence-corrected chi connectivity index (χ3v) is 0.233. The molecule has 0 aliphatic rings. The molecule has 4 nitrogen and oxygen atoms in total. The Labute approximate surface area is 58.7 Å². The summed E-state index contributed by atoms with van der Waals surface area (Å²) in [7, 11) is 0. The fourth-order valence-corrected chi connectivity index (χ4v) is 0.101. The highest BCUT2D eigenvalue weighted by Crippen LogP contribution is 1.83. The number of ether oxygens (including phenoxy) is 1. The predicted octanol–water partition coefficient (Wildman–Crippen LogP) is 1.35. The summed E-state index contributed by atoms with van der Waals surface area (Å²) < 4.78 is 4.38. The highest BCUT2D eigenvalue weighted by molar-refractivity contribution is 5.53. The van der Waals surface area contributed by atoms with Gasteiger partial charge in [-0.15, -0.1) is 0 Å². The molecule has 0 saturated carbocycles. The van der Waals surface area contributed by atoms with Crippen molar-refractivity contribution in [3.63, 3.8) is 0 Å². The van der Waals surface area contributed by atoms with Gasteiger partial charge in [-0.1, -0.05) is 13.0 Å². The van der Waals surface area contributed by atoms with Gasteiger partial charge in [-0.2, -0.15) is 0 Å². The molecule has 0 atom stereocenters. The Morgan fingerprint density at radius 2 is 2.00 bits per heavy atom. The summed E-state index contributed by atoms with van der Waals surface area (Å²) >= 11 is 0. The van der Waals surface area contributed by atoms with Crippen LogP contribution < -0.4 is 0 Å². The van der Waals surface area contributed by atoms with Crippen LogP contribution in [0.5, 0.6) is 0 Å². The molecule has 0 unspecified atom stereocenters. The van der Waals surface area contributed by atoms with Gasteiger partial charge in [0.2, 0.25) is 0 Å². The summed E-state index contributed by atoms with van der Waals surface area (Å²) in [6, 6.07) is 0. The van der Waals surface area contributed by atoms with E-state index >= 15 is 0 Å². The van der Waals surface area contributed by atoms with Crippen molar-refractivity contribution in [2.24, 2.45) is 0 Å². The summed E-state index contributed by atoms with van der Waals surface area (Å²) in [5.74, 6) is 0.553. The van der Waals surface area contributed by atoms with Crippen molar-refractivity contribution < 1.29 is 19.7 Å². The maximum atomic E-state index is 8.56. The van der Waals surface area contributed by atoms with E-state index in [9.17, 15) is 0 Å². The van der Waals surface area contributed by atoms with Crippen LogP contribution in [0.2, 0.25) is 0 Å². The molecule has 2 N–H and O–H groups in total. The third kappa shape index (κ3) is 97.9. The standard InChI is InChI=1S/C5H6O.CH2O3/c1-4-6-5(2)3;2-1(3)4/h1H,2H2,3H3;(H2,2,3,4). The average molecular weight is 144 g/mol. The Kier molecular flexibility index (Phi) is 8.26. The van der Waals surface area contributed by atoms with Crippen LogP contribution in [0, 0.1) is 12.5 Å². The van der Waals surface area contributed by atoms with Crippen LogP contribution in [-0.2, 0) is 4.74 Å². The zero-order valence-electron chi connectivity index (χ0n) is 5.50. The number of hydrogen-bond donors (Lipinski definition) is 2. The Bertz CT molecular complexity index is 150. The first-order valence-electron chi connectivity index (χ1n) is 2.20. The number of carboxylic acid groups (broad SMARTS) is 2. The number of allylic oxidation sites excluding steroid dienone is 1. The van der Waals surface area contributed by atoms with E-state index < -0.39 is 6.16 Å². The molecule has 0 rings (SSSR count). The van der Waals surface area contributed by atoms with E-state index in [4.69, 9.17) is 21.4 Å². The zero-order chi connectivity index (χ0) is 8.57. The lowest BCUT2D eigenvalue weighted by Crippen LogP contribution is -1.81. The lowest BCUT2D eigenvalue weighted by atomic mass is 10.7. The lowest BCUT2D eigenvalue weighted by Gasteiger charge is -1.85. The minimum Gasteiger partial charge on any atom is -0.450 e. The van der Waals surface area contributed by atoms with Crippen LogP contribution in [0.1, 0.15) is 6.92 Å². The summed E-state index contributed by atoms with van der Waals surface area (Å²) in [4.78, 5) is 8.56. The molecule has 10 heavy (non-hydrogen) atoms. The van der Waals surface area contributed by atoms with Crippen molar-refractivity contribution >= 4 is 6.16 Å². The first-order chi connectivity index (χ1) is 4.50. The normalized spacial score (nSPS) is 6.00. The molecular weight excluding hydrogens is 136 g/mol. The van der Waals surface area contributed by atoms with E-state index in [1.807, 2.05) is 6.11 Å². The Hall–Kier alpha value is -1.63. The first kappa shape index (κ1) is 11.2. The van der Waals surface area contributed by atoms with Crippen molar-refractivity contribution in [2.75, 3.05) is 0 Å². The zero-order valence-corrected chi connectivity index (χ0v) is 5.50. The van der Waals surface area contributed by atoms with Crippen LogP contribution in [-0.4, -0.2) is 16.4 Å². The van der Waals surface area contributed by atoms with Gasteiger partial charge in [-0.05, 0) is 6.92 Å². The molecule has 0 aromatic rings. The molecule has 4 heteroatoms. The minimum atomic E-state index is -1.83. The molecule has 0 radical (unpaired) electrons. The van der Waals surface area contributed by atoms with E-state index in [2.05, 4.69) is 11.3 Å². The molecule has 0 aliphatic heterocycles. The Morgan fingerprint density at radius 1 is 1.70 bits per heavy atom. The highest BCUT2D eigenvalue weighted by Gasteiger charge is 1.70. The molecular formula is C6H8O4. The van der Waals surface area contributed by atoms with Gasteiger partial charge in [0.05, 0.1) is 0 Å². The molecule has 0 aromatic heterocycles. The van der Waals surface area contributed by atoms with Gasteiger partial charge < -0.3 is 14.9 Å². The van der Waals surface area contributed by atoms with E-state index in [1.54, 1.807) is 6.92 Å². The van der Waals surface area contributed by atoms with Gasteiger partial charge >= 0.3 is 6.16 Å². The van der Waals surface area contributed by atoms with E-state index in [0.717, 1.165) is 0 Å². The Morgan fingerprint density at radius 3 is 2.00 bits per heavy atom. The quantitative estimate of drug-likeness (QED) is 0.430. The van der Waals surface area contributed by atoms with Crippen molar-refractivity contribution in [3.05, 3.63) is 12.3 Å². The molecule has 0 amide bonds. The summed E-state index contributed by atoms with van der Waals surface area (Å²) in [6.45, 7) is 5.07. The van der Waals surface area contributed by atoms with E-state index in [-0.39, 0.29) is 0 Å². The number of carbonyl (C=O) groups is 1. The second kappa shape index (κ2) is 7.37. The van der Waals surface area contributed by atoms with E-state index in [0.29, 0.717) is 5.76 Å². The molecule has 0 aliphatic carbocycles. The van der Waals surface area contributed by atoms with Crippen LogP contribution in [0.15, 0.2) is 12.3 Å². The van der Waals surface area contributed by atoms with Gasteiger partial charge in [-0.3, -0.25) is 0 Å². The minimum absolute atomic E-state index is 0.553. The summed E-state index contributed by atoms with van der Waals surface area (Å²) in [6.07, 6.45) is 4.83. The van der Waals surface area contributed by atoms with Gasteiger partial charge in [0.1, 0.15) is 11.9 Å². The number of rotatable bonds is 1. The van der Waals surface area contributed by atoms with E-state index in [1.165, 1.54) is 0 Å². The number of terminal acetylenes is 1. The SMILES string of the molecule is C#COC(=C)C.O=C(O)O. The number of hydrogen-bond acceptors (Lipinski definition) is 2. The smallest absolute Gasteiger partial charge is 0.450 e. The monoisotopic (exact) mass is 144 g/mol. The van der Waals surface area contributed by atoms with Gasteiger partial charge in [0.15, 0.2) is 0 Å². The molecule has 0 fully saturated rings. The maximum Gasteiger partial charge on any atom is 0.503 e. The summed E-state index contributed by atoms with van der Waals surface area (Å²) in [5.41, 5.74) is 0. The van der Waals surface area contributed by atoms with Crippen molar-refractivity contribution in [1.82, 2.24) is 0 Å². The lowest BCUT2D eigenvalue weighted by molar-refractivity contribution is 0.137. The first-order valence-corrected chi connectivity index (χ1v) is 2.20. The second-order valence-corrected chi connectivity index (χ2v) is 1.20. The second-order valence-electron chi connectivity index (χ2n) is 1.20. The fraction of sp³-hybridized carbons (Fsp3) is 0.167. The molecule has 0 aromatic carbocycles. The summed E-state index contributed by atoms with van der Waals surface area (Å²) in [5, 5.41) is 13.9. The van der Waals surface area contributed by atoms with Crippen LogP contribution in [0.4, 0.5) is 4.79 Å². The predicted molar refractivity (Wildman–Crippen MR) is 35.4 cm³/mol. The fourth-order valence-electron chi connectivity index (χ4n) is 0.101. The van der Waals surface area contributed by atoms with Crippen molar-refractivity contribution in [3.8, 4) is 12.5 Å². The van der Waals surface area contributed by atoms with Crippen molar-refractivity contribution in [2.45, 2.75) is 6.92 Å². The van der Waals surface area contributed by atoms with Gasteiger partial charge in [0.25, 0.3) is 0 Å². The molecule has 0 heterocycles. The van der Waals surface area contributed by atoms with Gasteiger partial charge in [0, 0.05) is 0 Å². The average Bonchev–Trinajstić information content (AvgIpc) is 1.62. The van der Waals surface area contributed by atoms with Crippen LogP contribution in [0.3, 0.4) is 0 Å². The molecule has 0 saturated heterocycles. The third-order valence-electron chi connectivity index (χ3n) is 0.233. The van der Waals surface area contributed by atoms with Crippen LogP contribution in [0.25, 0.3) is 0 Å². The van der Waals surface area contributed by atoms with Crippen molar-refractivity contribution in [1.29, 1.82) is 0 Å². The topological polar surface area (TPSA) is 66.8 Å². The largest absolute Gasteiger partial charge is 0.503 e. The maximum absolute atomic E-state index is 8.56. The van der Waals surface area contributed by atoms with Gasteiger partial charge in [-0.25, -0.2) is 4.79 Å². The molecule has 0 bridgehead atoms. The van der Waals surface area contributed by atoms with Crippen LogP contribution >= 0.6 is 0 Å².